The van der Waals surface area contributed by atoms with E-state index in [1.54, 1.807) is 19.1 Å². The van der Waals surface area contributed by atoms with Crippen LogP contribution >= 0.6 is 11.6 Å². The van der Waals surface area contributed by atoms with Gasteiger partial charge < -0.3 is 9.52 Å². The number of aryl methyl sites for hydroxylation is 1. The largest absolute Gasteiger partial charge is 0.508 e. The van der Waals surface area contributed by atoms with Gasteiger partial charge >= 0.3 is 5.63 Å². The first-order chi connectivity index (χ1) is 13.5. The number of fused-ring (bicyclic) bond motifs is 1. The Hall–Kier alpha value is -2.34. The summed E-state index contributed by atoms with van der Waals surface area (Å²) in [5, 5.41) is 11.5. The molecule has 146 valence electrons. The van der Waals surface area contributed by atoms with Crippen molar-refractivity contribution in [2.24, 2.45) is 0 Å². The van der Waals surface area contributed by atoms with Gasteiger partial charge in [-0.1, -0.05) is 23.7 Å². The molecule has 0 atom stereocenters. The fraction of sp³-hybridized carbons (Fsp3) is 0.318. The maximum Gasteiger partial charge on any atom is 0.336 e. The lowest BCUT2D eigenvalue weighted by molar-refractivity contribution is 0.122. The van der Waals surface area contributed by atoms with Gasteiger partial charge in [-0.2, -0.15) is 0 Å². The van der Waals surface area contributed by atoms with Gasteiger partial charge in [-0.3, -0.25) is 9.80 Å². The molecule has 5 nitrogen and oxygen atoms in total. The van der Waals surface area contributed by atoms with E-state index in [0.29, 0.717) is 17.7 Å². The van der Waals surface area contributed by atoms with Crippen molar-refractivity contribution in [3.05, 3.63) is 74.6 Å². The number of phenolic OH excluding ortho intramolecular Hbond substituents is 1. The number of benzene rings is 2. The molecule has 3 aromatic rings. The average molecular weight is 399 g/mol. The number of piperazine rings is 1. The van der Waals surface area contributed by atoms with Crippen molar-refractivity contribution in [3.8, 4) is 5.75 Å². The Labute approximate surface area is 168 Å². The maximum absolute atomic E-state index is 12.0. The minimum absolute atomic E-state index is 0.142. The van der Waals surface area contributed by atoms with E-state index in [2.05, 4.69) is 21.9 Å². The lowest BCUT2D eigenvalue weighted by Crippen LogP contribution is -2.45. The van der Waals surface area contributed by atoms with E-state index in [9.17, 15) is 9.90 Å². The number of hydrogen-bond acceptors (Lipinski definition) is 5. The van der Waals surface area contributed by atoms with Crippen molar-refractivity contribution < 1.29 is 9.52 Å². The molecular weight excluding hydrogens is 376 g/mol. The quantitative estimate of drug-likeness (QED) is 0.678. The first-order valence-corrected chi connectivity index (χ1v) is 9.82. The van der Waals surface area contributed by atoms with Crippen molar-refractivity contribution >= 4 is 22.6 Å². The van der Waals surface area contributed by atoms with Crippen LogP contribution in [0.3, 0.4) is 0 Å². The Morgan fingerprint density at radius 3 is 2.32 bits per heavy atom. The molecule has 1 aliphatic heterocycles. The van der Waals surface area contributed by atoms with Gasteiger partial charge in [0.2, 0.25) is 0 Å². The lowest BCUT2D eigenvalue weighted by atomic mass is 10.1. The standard InChI is InChI=1S/C22H23ClN2O3/c1-15-20(26)7-6-19-17(12-21(27)28-22(15)19)14-25-10-8-24(9-11-25)13-16-2-4-18(23)5-3-16/h2-7,12,26H,8-11,13-14H2,1H3. The molecule has 1 aromatic heterocycles. The highest BCUT2D eigenvalue weighted by atomic mass is 35.5. The van der Waals surface area contributed by atoms with Crippen molar-refractivity contribution in [2.45, 2.75) is 20.0 Å². The van der Waals surface area contributed by atoms with Crippen LogP contribution in [0.4, 0.5) is 0 Å². The van der Waals surface area contributed by atoms with E-state index < -0.39 is 0 Å². The second kappa shape index (κ2) is 7.95. The second-order valence-electron chi connectivity index (χ2n) is 7.36. The molecule has 0 amide bonds. The van der Waals surface area contributed by atoms with Gasteiger partial charge in [0.25, 0.3) is 0 Å². The van der Waals surface area contributed by atoms with Crippen molar-refractivity contribution in [1.82, 2.24) is 9.80 Å². The minimum atomic E-state index is -0.377. The zero-order valence-electron chi connectivity index (χ0n) is 15.8. The van der Waals surface area contributed by atoms with Crippen LogP contribution in [-0.4, -0.2) is 41.1 Å². The number of halogens is 1. The molecule has 1 N–H and O–H groups in total. The van der Waals surface area contributed by atoms with Crippen LogP contribution in [0.2, 0.25) is 5.02 Å². The molecule has 1 aliphatic rings. The SMILES string of the molecule is Cc1c(O)ccc2c(CN3CCN(Cc4ccc(Cl)cc4)CC3)cc(=O)oc12. The van der Waals surface area contributed by atoms with Crippen LogP contribution in [0.5, 0.6) is 5.75 Å². The Kier molecular flexibility index (Phi) is 5.40. The van der Waals surface area contributed by atoms with Crippen LogP contribution < -0.4 is 5.63 Å². The summed E-state index contributed by atoms with van der Waals surface area (Å²) in [6, 6.07) is 13.1. The monoisotopic (exact) mass is 398 g/mol. The van der Waals surface area contributed by atoms with Crippen molar-refractivity contribution in [2.75, 3.05) is 26.2 Å². The van der Waals surface area contributed by atoms with Crippen molar-refractivity contribution in [3.63, 3.8) is 0 Å². The number of nitrogens with zero attached hydrogens (tertiary/aromatic N) is 2. The molecule has 1 saturated heterocycles. The summed E-state index contributed by atoms with van der Waals surface area (Å²) in [7, 11) is 0. The highest BCUT2D eigenvalue weighted by Crippen LogP contribution is 2.28. The fourth-order valence-electron chi connectivity index (χ4n) is 3.74. The molecule has 0 bridgehead atoms. The number of phenols is 1. The first-order valence-electron chi connectivity index (χ1n) is 9.44. The van der Waals surface area contributed by atoms with Gasteiger partial charge in [0.15, 0.2) is 0 Å². The highest BCUT2D eigenvalue weighted by molar-refractivity contribution is 6.30. The van der Waals surface area contributed by atoms with Gasteiger partial charge in [-0.15, -0.1) is 0 Å². The van der Waals surface area contributed by atoms with Gasteiger partial charge in [0, 0.05) is 61.3 Å². The third-order valence-electron chi connectivity index (χ3n) is 5.40. The molecule has 2 aromatic carbocycles. The molecule has 0 spiro atoms. The summed E-state index contributed by atoms with van der Waals surface area (Å²) in [5.41, 5.74) is 2.91. The smallest absolute Gasteiger partial charge is 0.336 e. The van der Waals surface area contributed by atoms with Crippen LogP contribution in [0, 0.1) is 6.92 Å². The van der Waals surface area contributed by atoms with E-state index in [1.807, 2.05) is 18.2 Å². The maximum atomic E-state index is 12.0. The summed E-state index contributed by atoms with van der Waals surface area (Å²) in [4.78, 5) is 16.8. The molecule has 0 unspecified atom stereocenters. The number of aromatic hydroxyl groups is 1. The molecule has 2 heterocycles. The molecule has 0 aliphatic carbocycles. The molecule has 0 saturated carbocycles. The normalized spacial score (nSPS) is 15.9. The summed E-state index contributed by atoms with van der Waals surface area (Å²) < 4.78 is 5.34. The van der Waals surface area contributed by atoms with E-state index in [-0.39, 0.29) is 11.4 Å². The summed E-state index contributed by atoms with van der Waals surface area (Å²) in [6.45, 7) is 7.20. The Bertz CT molecular complexity index is 1040. The minimum Gasteiger partial charge on any atom is -0.508 e. The van der Waals surface area contributed by atoms with Gasteiger partial charge in [-0.25, -0.2) is 4.79 Å². The zero-order chi connectivity index (χ0) is 19.7. The predicted octanol–water partition coefficient (Wildman–Crippen LogP) is 3.78. The van der Waals surface area contributed by atoms with Crippen LogP contribution in [-0.2, 0) is 13.1 Å². The Morgan fingerprint density at radius 2 is 1.64 bits per heavy atom. The summed E-state index contributed by atoms with van der Waals surface area (Å²) in [6.07, 6.45) is 0. The highest BCUT2D eigenvalue weighted by Gasteiger charge is 2.19. The lowest BCUT2D eigenvalue weighted by Gasteiger charge is -2.34. The van der Waals surface area contributed by atoms with E-state index in [1.165, 1.54) is 5.56 Å². The fourth-order valence-corrected chi connectivity index (χ4v) is 3.87. The molecule has 6 heteroatoms. The average Bonchev–Trinajstić information content (AvgIpc) is 2.68. The molecule has 28 heavy (non-hydrogen) atoms. The Balaban J connectivity index is 1.44. The topological polar surface area (TPSA) is 56.9 Å². The third kappa shape index (κ3) is 4.07. The van der Waals surface area contributed by atoms with Gasteiger partial charge in [-0.05, 0) is 42.3 Å². The van der Waals surface area contributed by atoms with Gasteiger partial charge in [0.05, 0.1) is 0 Å². The number of rotatable bonds is 4. The van der Waals surface area contributed by atoms with Crippen LogP contribution in [0.15, 0.2) is 51.7 Å². The van der Waals surface area contributed by atoms with E-state index >= 15 is 0 Å². The van der Waals surface area contributed by atoms with Crippen LogP contribution in [0.1, 0.15) is 16.7 Å². The second-order valence-corrected chi connectivity index (χ2v) is 7.79. The van der Waals surface area contributed by atoms with Gasteiger partial charge in [0.1, 0.15) is 11.3 Å². The Morgan fingerprint density at radius 1 is 1.00 bits per heavy atom. The van der Waals surface area contributed by atoms with Crippen molar-refractivity contribution in [1.29, 1.82) is 0 Å². The van der Waals surface area contributed by atoms with E-state index in [4.69, 9.17) is 16.0 Å². The summed E-state index contributed by atoms with van der Waals surface area (Å²) >= 11 is 5.96. The van der Waals surface area contributed by atoms with Crippen LogP contribution in [0.25, 0.3) is 11.0 Å². The third-order valence-corrected chi connectivity index (χ3v) is 5.65. The zero-order valence-corrected chi connectivity index (χ0v) is 16.6. The number of hydrogen-bond donors (Lipinski definition) is 1. The van der Waals surface area contributed by atoms with E-state index in [0.717, 1.165) is 48.7 Å². The first kappa shape index (κ1) is 19.0. The molecule has 0 radical (unpaired) electrons. The molecule has 4 rings (SSSR count). The predicted molar refractivity (Wildman–Crippen MR) is 111 cm³/mol. The molecule has 1 fully saturated rings. The molecular formula is C22H23ClN2O3. The summed E-state index contributed by atoms with van der Waals surface area (Å²) in [5.74, 6) is 0.142.